The first-order chi connectivity index (χ1) is 14.7. The highest BCUT2D eigenvalue weighted by Crippen LogP contribution is 2.40. The lowest BCUT2D eigenvalue weighted by Gasteiger charge is -2.54. The molecule has 2 aliphatic rings. The Morgan fingerprint density at radius 3 is 2.55 bits per heavy atom. The summed E-state index contributed by atoms with van der Waals surface area (Å²) in [7, 11) is 0. The van der Waals surface area contributed by atoms with Gasteiger partial charge in [0.1, 0.15) is 0 Å². The number of rotatable bonds is 3. The van der Waals surface area contributed by atoms with E-state index in [9.17, 15) is 4.79 Å². The first-order valence-corrected chi connectivity index (χ1v) is 11.7. The van der Waals surface area contributed by atoms with Crippen molar-refractivity contribution in [2.75, 3.05) is 26.3 Å². The third-order valence-electron chi connectivity index (χ3n) is 6.10. The number of ether oxygens (including phenoxy) is 1. The maximum atomic E-state index is 12.8. The Bertz CT molecular complexity index is 1150. The molecule has 160 valence electrons. The van der Waals surface area contributed by atoms with Crippen LogP contribution in [-0.4, -0.2) is 42.1 Å². The van der Waals surface area contributed by atoms with Crippen LogP contribution in [0.2, 0.25) is 5.02 Å². The van der Waals surface area contributed by atoms with Gasteiger partial charge in [-0.25, -0.2) is 0 Å². The summed E-state index contributed by atoms with van der Waals surface area (Å²) in [5, 5.41) is 2.72. The molecule has 0 atom stereocenters. The maximum Gasteiger partial charge on any atom is 0.253 e. The molecule has 0 saturated carbocycles. The second-order valence-corrected chi connectivity index (χ2v) is 11.0. The normalized spacial score (nSPS) is 17.4. The summed E-state index contributed by atoms with van der Waals surface area (Å²) in [6, 6.07) is 12.0. The van der Waals surface area contributed by atoms with Crippen molar-refractivity contribution >= 4 is 28.8 Å². The summed E-state index contributed by atoms with van der Waals surface area (Å²) in [5.74, 6) is 0.0449. The Labute approximate surface area is 191 Å². The molecule has 4 nitrogen and oxygen atoms in total. The van der Waals surface area contributed by atoms with E-state index in [0.29, 0.717) is 10.6 Å². The smallest absolute Gasteiger partial charge is 0.253 e. The Balaban J connectivity index is 1.36. The van der Waals surface area contributed by atoms with Crippen LogP contribution < -0.4 is 0 Å². The highest BCUT2D eigenvalue weighted by molar-refractivity contribution is 7.14. The van der Waals surface area contributed by atoms with E-state index in [1.807, 2.05) is 29.3 Å². The molecule has 0 bridgehead atoms. The van der Waals surface area contributed by atoms with Crippen LogP contribution in [0.5, 0.6) is 0 Å². The van der Waals surface area contributed by atoms with Gasteiger partial charge in [-0.15, -0.1) is 11.3 Å². The van der Waals surface area contributed by atoms with Crippen molar-refractivity contribution in [3.05, 3.63) is 64.3 Å². The molecule has 31 heavy (non-hydrogen) atoms. The van der Waals surface area contributed by atoms with Gasteiger partial charge < -0.3 is 9.64 Å². The first-order valence-electron chi connectivity index (χ1n) is 10.5. The van der Waals surface area contributed by atoms with E-state index in [4.69, 9.17) is 16.3 Å². The molecule has 3 aromatic rings. The average molecular weight is 453 g/mol. The number of hydrogen-bond donors (Lipinski definition) is 0. The van der Waals surface area contributed by atoms with Crippen LogP contribution in [0.1, 0.15) is 36.8 Å². The zero-order chi connectivity index (χ0) is 21.8. The molecule has 1 aromatic carbocycles. The number of carbonyl (C=O) groups excluding carboxylic acids is 1. The molecule has 2 saturated heterocycles. The van der Waals surface area contributed by atoms with E-state index in [0.717, 1.165) is 48.7 Å². The van der Waals surface area contributed by atoms with E-state index in [1.54, 1.807) is 17.4 Å². The summed E-state index contributed by atoms with van der Waals surface area (Å²) < 4.78 is 5.29. The van der Waals surface area contributed by atoms with Gasteiger partial charge in [0.15, 0.2) is 0 Å². The highest BCUT2D eigenvalue weighted by Gasteiger charge is 2.50. The molecule has 2 aliphatic heterocycles. The quantitative estimate of drug-likeness (QED) is 0.496. The molecule has 5 rings (SSSR count). The molecule has 6 heteroatoms. The third-order valence-corrected chi connectivity index (χ3v) is 7.39. The Morgan fingerprint density at radius 1 is 1.13 bits per heavy atom. The number of halogens is 1. The minimum Gasteiger partial charge on any atom is -0.380 e. The summed E-state index contributed by atoms with van der Waals surface area (Å²) >= 11 is 8.30. The van der Waals surface area contributed by atoms with E-state index < -0.39 is 0 Å². The van der Waals surface area contributed by atoms with Crippen LogP contribution in [0, 0.1) is 5.41 Å². The van der Waals surface area contributed by atoms with Crippen molar-refractivity contribution in [2.24, 2.45) is 5.41 Å². The van der Waals surface area contributed by atoms with Crippen LogP contribution in [0.4, 0.5) is 0 Å². The lowest BCUT2D eigenvalue weighted by Crippen LogP contribution is -2.67. The van der Waals surface area contributed by atoms with Crippen LogP contribution >= 0.6 is 22.9 Å². The SMILES string of the molecule is CC(C)(C)c1cc(-c2cc(-c3ccc(C(=O)N4CC5(COC5)C4)cc3Cl)cs2)ccn1. The fourth-order valence-corrected chi connectivity index (χ4v) is 5.36. The van der Waals surface area contributed by atoms with Crippen LogP contribution in [-0.2, 0) is 10.2 Å². The maximum absolute atomic E-state index is 12.8. The van der Waals surface area contributed by atoms with Crippen molar-refractivity contribution < 1.29 is 9.53 Å². The molecule has 4 heterocycles. The molecule has 2 aromatic heterocycles. The van der Waals surface area contributed by atoms with Crippen LogP contribution in [0.25, 0.3) is 21.6 Å². The van der Waals surface area contributed by atoms with Crippen molar-refractivity contribution in [3.63, 3.8) is 0 Å². The Hall–Kier alpha value is -2.21. The molecule has 2 fully saturated rings. The van der Waals surface area contributed by atoms with Crippen molar-refractivity contribution in [3.8, 4) is 21.6 Å². The number of pyridine rings is 1. The number of carbonyl (C=O) groups is 1. The molecule has 1 spiro atoms. The van der Waals surface area contributed by atoms with Gasteiger partial charge in [0.2, 0.25) is 0 Å². The molecule has 0 radical (unpaired) electrons. The minimum atomic E-state index is 0.00351. The first kappa shape index (κ1) is 20.7. The molecule has 0 aliphatic carbocycles. The average Bonchev–Trinajstić information content (AvgIpc) is 3.15. The van der Waals surface area contributed by atoms with Crippen molar-refractivity contribution in [2.45, 2.75) is 26.2 Å². The number of nitrogens with zero attached hydrogens (tertiary/aromatic N) is 2. The molecular formula is C25H25ClN2O2S. The summed E-state index contributed by atoms with van der Waals surface area (Å²) in [5.41, 5.74) is 5.09. The highest BCUT2D eigenvalue weighted by atomic mass is 35.5. The second kappa shape index (κ2) is 7.44. The van der Waals surface area contributed by atoms with Gasteiger partial charge in [-0.1, -0.05) is 38.4 Å². The fourth-order valence-electron chi connectivity index (χ4n) is 4.17. The molecule has 1 amide bonds. The summed E-state index contributed by atoms with van der Waals surface area (Å²) in [4.78, 5) is 20.4. The van der Waals surface area contributed by atoms with Gasteiger partial charge in [-0.05, 0) is 46.8 Å². The fraction of sp³-hybridized carbons (Fsp3) is 0.360. The van der Waals surface area contributed by atoms with Gasteiger partial charge in [0.05, 0.1) is 18.6 Å². The number of thiophene rings is 1. The number of hydrogen-bond acceptors (Lipinski definition) is 4. The summed E-state index contributed by atoms with van der Waals surface area (Å²) in [6.07, 6.45) is 1.87. The Morgan fingerprint density at radius 2 is 1.90 bits per heavy atom. The zero-order valence-electron chi connectivity index (χ0n) is 17.9. The predicted molar refractivity (Wildman–Crippen MR) is 126 cm³/mol. The van der Waals surface area contributed by atoms with Crippen LogP contribution in [0.3, 0.4) is 0 Å². The van der Waals surface area contributed by atoms with E-state index in [2.05, 4.69) is 43.3 Å². The lowest BCUT2D eigenvalue weighted by molar-refractivity contribution is -0.176. The van der Waals surface area contributed by atoms with Crippen molar-refractivity contribution in [1.82, 2.24) is 9.88 Å². The van der Waals surface area contributed by atoms with E-state index >= 15 is 0 Å². The van der Waals surface area contributed by atoms with Crippen LogP contribution in [0.15, 0.2) is 48.0 Å². The largest absolute Gasteiger partial charge is 0.380 e. The topological polar surface area (TPSA) is 42.4 Å². The number of benzene rings is 1. The molecule has 0 unspecified atom stereocenters. The van der Waals surface area contributed by atoms with Gasteiger partial charge in [0.25, 0.3) is 5.91 Å². The Kier molecular flexibility index (Phi) is 4.96. The monoisotopic (exact) mass is 452 g/mol. The molecular weight excluding hydrogens is 428 g/mol. The number of likely N-dealkylation sites (tertiary alicyclic amines) is 1. The standard InChI is InChI=1S/C25H25ClN2O2S/c1-24(2,3)22-10-16(6-7-27-22)21-9-18(11-31-21)19-5-4-17(8-20(19)26)23(29)28-12-25(13-28)14-30-15-25/h4-11H,12-15H2,1-3H3. The number of amides is 1. The summed E-state index contributed by atoms with van der Waals surface area (Å²) in [6.45, 7) is 9.60. The second-order valence-electron chi connectivity index (χ2n) is 9.73. The van der Waals surface area contributed by atoms with E-state index in [-0.39, 0.29) is 16.7 Å². The van der Waals surface area contributed by atoms with Gasteiger partial charge in [0, 0.05) is 51.4 Å². The third kappa shape index (κ3) is 3.79. The lowest BCUT2D eigenvalue weighted by atomic mass is 9.78. The van der Waals surface area contributed by atoms with Crippen molar-refractivity contribution in [1.29, 1.82) is 0 Å². The van der Waals surface area contributed by atoms with Gasteiger partial charge in [-0.3, -0.25) is 9.78 Å². The van der Waals surface area contributed by atoms with Gasteiger partial charge in [-0.2, -0.15) is 0 Å². The predicted octanol–water partition coefficient (Wildman–Crippen LogP) is 5.90. The number of aromatic nitrogens is 1. The minimum absolute atomic E-state index is 0.00351. The molecule has 0 N–H and O–H groups in total. The van der Waals surface area contributed by atoms with E-state index in [1.165, 1.54) is 4.88 Å². The zero-order valence-corrected chi connectivity index (χ0v) is 19.5. The van der Waals surface area contributed by atoms with Gasteiger partial charge >= 0.3 is 0 Å².